The van der Waals surface area contributed by atoms with Crippen molar-refractivity contribution >= 4 is 5.69 Å². The van der Waals surface area contributed by atoms with Crippen LogP contribution in [0.5, 0.6) is 5.75 Å². The van der Waals surface area contributed by atoms with Gasteiger partial charge in [-0.1, -0.05) is 48.5 Å². The smallest absolute Gasteiger partial charge is 0.126 e. The summed E-state index contributed by atoms with van der Waals surface area (Å²) >= 11 is 0. The second kappa shape index (κ2) is 6.64. The van der Waals surface area contributed by atoms with Crippen LogP contribution in [0.3, 0.4) is 0 Å². The summed E-state index contributed by atoms with van der Waals surface area (Å²) in [4.78, 5) is 0. The molecule has 126 valence electrons. The number of methoxy groups -OCH3 is 1. The summed E-state index contributed by atoms with van der Waals surface area (Å²) in [5.74, 6) is 0.931. The van der Waals surface area contributed by atoms with Gasteiger partial charge < -0.3 is 10.5 Å². The zero-order chi connectivity index (χ0) is 17.2. The van der Waals surface area contributed by atoms with E-state index in [1.165, 1.54) is 33.4 Å². The van der Waals surface area contributed by atoms with Crippen molar-refractivity contribution in [3.05, 3.63) is 82.9 Å². The van der Waals surface area contributed by atoms with Crippen LogP contribution in [0.2, 0.25) is 0 Å². The van der Waals surface area contributed by atoms with Crippen LogP contribution in [0.4, 0.5) is 5.69 Å². The molecule has 0 spiro atoms. The molecule has 0 fully saturated rings. The van der Waals surface area contributed by atoms with Crippen LogP contribution in [0.15, 0.2) is 60.7 Å². The fourth-order valence-corrected chi connectivity index (χ4v) is 3.70. The number of anilines is 1. The van der Waals surface area contributed by atoms with Gasteiger partial charge in [0.1, 0.15) is 5.75 Å². The van der Waals surface area contributed by atoms with Gasteiger partial charge in [-0.15, -0.1) is 0 Å². The third-order valence-electron chi connectivity index (χ3n) is 5.15. The lowest BCUT2D eigenvalue weighted by atomic mass is 9.90. The van der Waals surface area contributed by atoms with Gasteiger partial charge >= 0.3 is 0 Å². The van der Waals surface area contributed by atoms with Gasteiger partial charge in [0, 0.05) is 11.3 Å². The number of nitrogen functional groups attached to an aromatic ring is 1. The molecule has 3 aromatic carbocycles. The van der Waals surface area contributed by atoms with E-state index < -0.39 is 0 Å². The first kappa shape index (κ1) is 15.8. The van der Waals surface area contributed by atoms with Crippen LogP contribution in [-0.2, 0) is 25.7 Å². The molecule has 0 unspecified atom stereocenters. The van der Waals surface area contributed by atoms with E-state index in [1.807, 2.05) is 12.1 Å². The van der Waals surface area contributed by atoms with E-state index >= 15 is 0 Å². The van der Waals surface area contributed by atoms with Crippen LogP contribution in [0.1, 0.15) is 22.3 Å². The quantitative estimate of drug-likeness (QED) is 0.684. The minimum atomic E-state index is 0.928. The molecular weight excluding hydrogens is 306 g/mol. The van der Waals surface area contributed by atoms with Crippen molar-refractivity contribution in [3.8, 4) is 16.9 Å². The van der Waals surface area contributed by atoms with Crippen LogP contribution in [-0.4, -0.2) is 7.11 Å². The number of nitrogens with two attached hydrogens (primary N) is 1. The van der Waals surface area contributed by atoms with Crippen molar-refractivity contribution in [1.82, 2.24) is 0 Å². The lowest BCUT2D eigenvalue weighted by Gasteiger charge is -2.17. The first-order valence-electron chi connectivity index (χ1n) is 8.87. The molecule has 7 rings (SSSR count). The highest BCUT2D eigenvalue weighted by Crippen LogP contribution is 2.34. The molecule has 0 saturated carbocycles. The molecule has 0 radical (unpaired) electrons. The van der Waals surface area contributed by atoms with Gasteiger partial charge in [-0.05, 0) is 65.6 Å². The molecule has 0 aromatic heterocycles. The molecule has 2 nitrogen and oxygen atoms in total. The van der Waals surface area contributed by atoms with E-state index in [1.54, 1.807) is 7.11 Å². The van der Waals surface area contributed by atoms with Crippen LogP contribution >= 0.6 is 0 Å². The molecule has 0 aliphatic heterocycles. The number of benzene rings is 3. The van der Waals surface area contributed by atoms with E-state index in [0.717, 1.165) is 37.1 Å². The van der Waals surface area contributed by atoms with E-state index in [2.05, 4.69) is 48.5 Å². The Balaban J connectivity index is 1.81. The maximum atomic E-state index is 6.24. The largest absolute Gasteiger partial charge is 0.496 e. The molecule has 4 aliphatic carbocycles. The van der Waals surface area contributed by atoms with E-state index in [-0.39, 0.29) is 0 Å². The SMILES string of the molecule is COc1ccccc1-c1cc2ccc1CCc1ccc(c(N)c1)CC2. The highest BCUT2D eigenvalue weighted by molar-refractivity contribution is 5.74. The normalized spacial score (nSPS) is 13.3. The molecule has 4 aliphatic rings. The Morgan fingerprint density at radius 1 is 0.720 bits per heavy atom. The van der Waals surface area contributed by atoms with Crippen LogP contribution in [0.25, 0.3) is 11.1 Å². The van der Waals surface area contributed by atoms with Crippen LogP contribution < -0.4 is 10.5 Å². The highest BCUT2D eigenvalue weighted by atomic mass is 16.5. The molecule has 3 aromatic rings. The summed E-state index contributed by atoms with van der Waals surface area (Å²) in [5, 5.41) is 0. The van der Waals surface area contributed by atoms with E-state index in [0.29, 0.717) is 0 Å². The number of ether oxygens (including phenoxy) is 1. The molecule has 0 atom stereocenters. The Kier molecular flexibility index (Phi) is 4.19. The standard InChI is InChI=1S/C23H23NO/c1-25-23-5-3-2-4-20(23)21-14-16-6-10-18(21)11-7-17-9-13-19(12-8-16)22(24)15-17/h2-6,9-10,13-15H,7-8,11-12,24H2,1H3. The van der Waals surface area contributed by atoms with Gasteiger partial charge in [-0.3, -0.25) is 0 Å². The Morgan fingerprint density at radius 2 is 1.40 bits per heavy atom. The lowest BCUT2D eigenvalue weighted by Crippen LogP contribution is -2.03. The van der Waals surface area contributed by atoms with Gasteiger partial charge in [0.25, 0.3) is 0 Å². The van der Waals surface area contributed by atoms with Gasteiger partial charge in [0.15, 0.2) is 0 Å². The Morgan fingerprint density at radius 3 is 2.16 bits per heavy atom. The van der Waals surface area contributed by atoms with Crippen molar-refractivity contribution in [2.24, 2.45) is 0 Å². The second-order valence-corrected chi connectivity index (χ2v) is 6.72. The summed E-state index contributed by atoms with van der Waals surface area (Å²) < 4.78 is 5.61. The maximum Gasteiger partial charge on any atom is 0.126 e. The summed E-state index contributed by atoms with van der Waals surface area (Å²) in [6.07, 6.45) is 3.95. The number of rotatable bonds is 2. The zero-order valence-corrected chi connectivity index (χ0v) is 14.6. The second-order valence-electron chi connectivity index (χ2n) is 6.72. The fourth-order valence-electron chi connectivity index (χ4n) is 3.70. The average molecular weight is 329 g/mol. The Hall–Kier alpha value is -2.74. The third-order valence-corrected chi connectivity index (χ3v) is 5.15. The van der Waals surface area contributed by atoms with Gasteiger partial charge in [0.05, 0.1) is 7.11 Å². The number of hydrogen-bond donors (Lipinski definition) is 1. The van der Waals surface area contributed by atoms with Crippen molar-refractivity contribution in [3.63, 3.8) is 0 Å². The van der Waals surface area contributed by atoms with Crippen LogP contribution in [0, 0.1) is 0 Å². The average Bonchev–Trinajstić information content (AvgIpc) is 2.64. The molecule has 25 heavy (non-hydrogen) atoms. The predicted molar refractivity (Wildman–Crippen MR) is 104 cm³/mol. The Bertz CT molecular complexity index is 914. The lowest BCUT2D eigenvalue weighted by molar-refractivity contribution is 0.416. The van der Waals surface area contributed by atoms with Crippen molar-refractivity contribution in [2.75, 3.05) is 12.8 Å². The van der Waals surface area contributed by atoms with Gasteiger partial charge in [-0.2, -0.15) is 0 Å². The third kappa shape index (κ3) is 3.12. The van der Waals surface area contributed by atoms with E-state index in [9.17, 15) is 0 Å². The topological polar surface area (TPSA) is 35.2 Å². The minimum Gasteiger partial charge on any atom is -0.496 e. The summed E-state index contributed by atoms with van der Waals surface area (Å²) in [6, 6.07) is 21.7. The molecule has 2 N–H and O–H groups in total. The minimum absolute atomic E-state index is 0.928. The number of para-hydroxylation sites is 1. The van der Waals surface area contributed by atoms with Gasteiger partial charge in [-0.25, -0.2) is 0 Å². The predicted octanol–water partition coefficient (Wildman–Crippen LogP) is 4.83. The maximum absolute atomic E-state index is 6.24. The fraction of sp³-hybridized carbons (Fsp3) is 0.217. The number of hydrogen-bond acceptors (Lipinski definition) is 2. The zero-order valence-electron chi connectivity index (χ0n) is 14.6. The molecule has 0 heterocycles. The van der Waals surface area contributed by atoms with E-state index in [4.69, 9.17) is 10.5 Å². The first-order valence-corrected chi connectivity index (χ1v) is 8.87. The molecule has 4 bridgehead atoms. The summed E-state index contributed by atoms with van der Waals surface area (Å²) in [7, 11) is 1.74. The molecule has 2 heteroatoms. The highest BCUT2D eigenvalue weighted by Gasteiger charge is 2.13. The number of aryl methyl sites for hydroxylation is 4. The molecule has 0 saturated heterocycles. The monoisotopic (exact) mass is 329 g/mol. The van der Waals surface area contributed by atoms with Crippen molar-refractivity contribution in [1.29, 1.82) is 0 Å². The van der Waals surface area contributed by atoms with Gasteiger partial charge in [0.2, 0.25) is 0 Å². The summed E-state index contributed by atoms with van der Waals surface area (Å²) in [5.41, 5.74) is 14.9. The molecular formula is C23H23NO. The summed E-state index contributed by atoms with van der Waals surface area (Å²) in [6.45, 7) is 0. The molecule has 0 amide bonds. The Labute approximate surface area is 149 Å². The first-order chi connectivity index (χ1) is 12.2. The van der Waals surface area contributed by atoms with Crippen molar-refractivity contribution in [2.45, 2.75) is 25.7 Å². The van der Waals surface area contributed by atoms with Crippen molar-refractivity contribution < 1.29 is 4.74 Å².